The Hall–Kier alpha value is -1.68. The molecule has 1 heterocycles. The molecule has 4 heteroatoms. The molecule has 1 aromatic rings. The van der Waals surface area contributed by atoms with Crippen molar-refractivity contribution in [1.82, 2.24) is 9.80 Å². The standard InChI is InChI=1S/C19H28N2O2/c1-4-16-5-7-17(8-6-16)18(22)14-20-9-11-21(12-10-20)19(23)13-15(2)3/h5-8,15H,4,9-14H2,1-3H3. The van der Waals surface area contributed by atoms with E-state index in [-0.39, 0.29) is 11.7 Å². The maximum atomic E-state index is 12.4. The molecule has 1 aromatic carbocycles. The number of ketones is 1. The molecule has 23 heavy (non-hydrogen) atoms. The third-order valence-corrected chi connectivity index (χ3v) is 4.36. The average molecular weight is 316 g/mol. The summed E-state index contributed by atoms with van der Waals surface area (Å²) < 4.78 is 0. The number of rotatable bonds is 6. The van der Waals surface area contributed by atoms with Crippen molar-refractivity contribution < 1.29 is 9.59 Å². The molecule has 1 fully saturated rings. The van der Waals surface area contributed by atoms with Crippen molar-refractivity contribution in [3.63, 3.8) is 0 Å². The van der Waals surface area contributed by atoms with Crippen LogP contribution in [0.4, 0.5) is 0 Å². The smallest absolute Gasteiger partial charge is 0.222 e. The van der Waals surface area contributed by atoms with Crippen LogP contribution in [0.2, 0.25) is 0 Å². The van der Waals surface area contributed by atoms with E-state index in [4.69, 9.17) is 0 Å². The van der Waals surface area contributed by atoms with Crippen LogP contribution in [0.5, 0.6) is 0 Å². The molecule has 0 radical (unpaired) electrons. The average Bonchev–Trinajstić information content (AvgIpc) is 2.55. The van der Waals surface area contributed by atoms with E-state index < -0.39 is 0 Å². The fourth-order valence-corrected chi connectivity index (χ4v) is 2.85. The summed E-state index contributed by atoms with van der Waals surface area (Å²) in [4.78, 5) is 28.5. The van der Waals surface area contributed by atoms with E-state index in [0.29, 0.717) is 18.9 Å². The van der Waals surface area contributed by atoms with Crippen molar-refractivity contribution >= 4 is 11.7 Å². The van der Waals surface area contributed by atoms with E-state index in [0.717, 1.165) is 38.2 Å². The van der Waals surface area contributed by atoms with Crippen LogP contribution in [0.1, 0.15) is 43.1 Å². The second-order valence-corrected chi connectivity index (χ2v) is 6.73. The molecule has 0 bridgehead atoms. The zero-order valence-corrected chi connectivity index (χ0v) is 14.5. The van der Waals surface area contributed by atoms with Gasteiger partial charge in [-0.25, -0.2) is 0 Å². The van der Waals surface area contributed by atoms with E-state index in [1.54, 1.807) is 0 Å². The summed E-state index contributed by atoms with van der Waals surface area (Å²) in [6.45, 7) is 9.70. The van der Waals surface area contributed by atoms with Gasteiger partial charge in [0, 0.05) is 38.2 Å². The van der Waals surface area contributed by atoms with E-state index in [1.165, 1.54) is 5.56 Å². The number of amides is 1. The number of benzene rings is 1. The number of aryl methyl sites for hydroxylation is 1. The summed E-state index contributed by atoms with van der Waals surface area (Å²) in [6.07, 6.45) is 1.60. The first-order valence-electron chi connectivity index (χ1n) is 8.62. The zero-order chi connectivity index (χ0) is 16.8. The Morgan fingerprint density at radius 2 is 1.65 bits per heavy atom. The van der Waals surface area contributed by atoms with Crippen LogP contribution in [0.15, 0.2) is 24.3 Å². The van der Waals surface area contributed by atoms with Crippen LogP contribution in [0.3, 0.4) is 0 Å². The third-order valence-electron chi connectivity index (χ3n) is 4.36. The highest BCUT2D eigenvalue weighted by molar-refractivity contribution is 5.97. The molecule has 0 N–H and O–H groups in total. The molecule has 1 aliphatic rings. The molecule has 1 aliphatic heterocycles. The van der Waals surface area contributed by atoms with Gasteiger partial charge in [0.2, 0.25) is 5.91 Å². The first-order valence-corrected chi connectivity index (χ1v) is 8.62. The van der Waals surface area contributed by atoms with Crippen molar-refractivity contribution in [3.8, 4) is 0 Å². The molecular formula is C19H28N2O2. The number of hydrogen-bond donors (Lipinski definition) is 0. The van der Waals surface area contributed by atoms with Gasteiger partial charge in [-0.1, -0.05) is 45.0 Å². The second kappa shape index (κ2) is 8.25. The molecule has 1 saturated heterocycles. The molecule has 4 nitrogen and oxygen atoms in total. The van der Waals surface area contributed by atoms with E-state index >= 15 is 0 Å². The predicted octanol–water partition coefficient (Wildman–Crippen LogP) is 2.62. The summed E-state index contributed by atoms with van der Waals surface area (Å²) in [5.41, 5.74) is 2.03. The summed E-state index contributed by atoms with van der Waals surface area (Å²) in [5, 5.41) is 0. The van der Waals surface area contributed by atoms with Crippen LogP contribution in [0, 0.1) is 5.92 Å². The summed E-state index contributed by atoms with van der Waals surface area (Å²) in [5.74, 6) is 0.795. The van der Waals surface area contributed by atoms with Crippen LogP contribution in [0.25, 0.3) is 0 Å². The minimum Gasteiger partial charge on any atom is -0.340 e. The van der Waals surface area contributed by atoms with Crippen LogP contribution >= 0.6 is 0 Å². The Morgan fingerprint density at radius 3 is 2.17 bits per heavy atom. The molecule has 0 spiro atoms. The van der Waals surface area contributed by atoms with E-state index in [2.05, 4.69) is 25.7 Å². The van der Waals surface area contributed by atoms with Crippen LogP contribution < -0.4 is 0 Å². The largest absolute Gasteiger partial charge is 0.340 e. The van der Waals surface area contributed by atoms with Gasteiger partial charge in [-0.05, 0) is 17.9 Å². The fourth-order valence-electron chi connectivity index (χ4n) is 2.85. The number of piperazine rings is 1. The highest BCUT2D eigenvalue weighted by Gasteiger charge is 2.23. The molecule has 0 unspecified atom stereocenters. The maximum absolute atomic E-state index is 12.4. The lowest BCUT2D eigenvalue weighted by Crippen LogP contribution is -2.50. The summed E-state index contributed by atoms with van der Waals surface area (Å²) in [6, 6.07) is 7.89. The number of hydrogen-bond acceptors (Lipinski definition) is 3. The van der Waals surface area contributed by atoms with Gasteiger partial charge in [0.25, 0.3) is 0 Å². The SMILES string of the molecule is CCc1ccc(C(=O)CN2CCN(C(=O)CC(C)C)CC2)cc1. The van der Waals surface area contributed by atoms with Gasteiger partial charge >= 0.3 is 0 Å². The lowest BCUT2D eigenvalue weighted by molar-refractivity contribution is -0.133. The Balaban J connectivity index is 1.81. The number of carbonyl (C=O) groups is 2. The Morgan fingerprint density at radius 1 is 1.04 bits per heavy atom. The molecule has 0 aromatic heterocycles. The van der Waals surface area contributed by atoms with Gasteiger partial charge in [0.15, 0.2) is 5.78 Å². The number of nitrogens with zero attached hydrogens (tertiary/aromatic N) is 2. The van der Waals surface area contributed by atoms with Crippen molar-refractivity contribution in [2.24, 2.45) is 5.92 Å². The Kier molecular flexibility index (Phi) is 6.34. The lowest BCUT2D eigenvalue weighted by Gasteiger charge is -2.34. The molecule has 0 aliphatic carbocycles. The first kappa shape index (κ1) is 17.7. The van der Waals surface area contributed by atoms with Crippen molar-refractivity contribution in [1.29, 1.82) is 0 Å². The predicted molar refractivity (Wildman–Crippen MR) is 92.6 cm³/mol. The van der Waals surface area contributed by atoms with Crippen molar-refractivity contribution in [2.45, 2.75) is 33.6 Å². The van der Waals surface area contributed by atoms with E-state index in [1.807, 2.05) is 29.2 Å². The van der Waals surface area contributed by atoms with Gasteiger partial charge in [0.1, 0.15) is 0 Å². The minimum atomic E-state index is 0.162. The second-order valence-electron chi connectivity index (χ2n) is 6.73. The number of Topliss-reactive ketones (excluding diaryl/α,β-unsaturated/α-hetero) is 1. The molecule has 126 valence electrons. The summed E-state index contributed by atoms with van der Waals surface area (Å²) >= 11 is 0. The fraction of sp³-hybridized carbons (Fsp3) is 0.579. The normalized spacial score (nSPS) is 15.9. The van der Waals surface area contributed by atoms with Gasteiger partial charge in [-0.15, -0.1) is 0 Å². The van der Waals surface area contributed by atoms with Gasteiger partial charge in [-0.2, -0.15) is 0 Å². The number of carbonyl (C=O) groups excluding carboxylic acids is 2. The third kappa shape index (κ3) is 5.17. The molecule has 0 atom stereocenters. The van der Waals surface area contributed by atoms with Crippen LogP contribution in [-0.2, 0) is 11.2 Å². The van der Waals surface area contributed by atoms with E-state index in [9.17, 15) is 9.59 Å². The Bertz CT molecular complexity index is 529. The topological polar surface area (TPSA) is 40.6 Å². The lowest BCUT2D eigenvalue weighted by atomic mass is 10.1. The Labute approximate surface area is 139 Å². The van der Waals surface area contributed by atoms with Crippen molar-refractivity contribution in [2.75, 3.05) is 32.7 Å². The van der Waals surface area contributed by atoms with Crippen LogP contribution in [-0.4, -0.2) is 54.2 Å². The van der Waals surface area contributed by atoms with Gasteiger partial charge < -0.3 is 4.90 Å². The highest BCUT2D eigenvalue weighted by Crippen LogP contribution is 2.10. The minimum absolute atomic E-state index is 0.162. The van der Waals surface area contributed by atoms with Gasteiger partial charge in [0.05, 0.1) is 6.54 Å². The molecule has 2 rings (SSSR count). The molecule has 1 amide bonds. The molecular weight excluding hydrogens is 288 g/mol. The van der Waals surface area contributed by atoms with Crippen molar-refractivity contribution in [3.05, 3.63) is 35.4 Å². The molecule has 0 saturated carbocycles. The maximum Gasteiger partial charge on any atom is 0.222 e. The van der Waals surface area contributed by atoms with Gasteiger partial charge in [-0.3, -0.25) is 14.5 Å². The highest BCUT2D eigenvalue weighted by atomic mass is 16.2. The monoisotopic (exact) mass is 316 g/mol. The zero-order valence-electron chi connectivity index (χ0n) is 14.5. The quantitative estimate of drug-likeness (QED) is 0.758. The summed E-state index contributed by atoms with van der Waals surface area (Å²) in [7, 11) is 0. The first-order chi connectivity index (χ1) is 11.0.